The SMILES string of the molecule is CC(C)NCc1ncc(Br)cc1Br. The smallest absolute Gasteiger partial charge is 0.0684 e. The van der Waals surface area contributed by atoms with E-state index >= 15 is 0 Å². The number of rotatable bonds is 3. The van der Waals surface area contributed by atoms with Gasteiger partial charge in [-0.2, -0.15) is 0 Å². The Morgan fingerprint density at radius 1 is 1.46 bits per heavy atom. The molecule has 0 aliphatic carbocycles. The highest BCUT2D eigenvalue weighted by Crippen LogP contribution is 2.19. The van der Waals surface area contributed by atoms with E-state index in [4.69, 9.17) is 0 Å². The van der Waals surface area contributed by atoms with Crippen LogP contribution in [-0.4, -0.2) is 11.0 Å². The Balaban J connectivity index is 2.67. The summed E-state index contributed by atoms with van der Waals surface area (Å²) in [7, 11) is 0. The first-order valence-corrected chi connectivity index (χ1v) is 5.71. The number of aromatic nitrogens is 1. The number of nitrogens with zero attached hydrogens (tertiary/aromatic N) is 1. The summed E-state index contributed by atoms with van der Waals surface area (Å²) in [6, 6.07) is 2.49. The van der Waals surface area contributed by atoms with Crippen LogP contribution in [0.2, 0.25) is 0 Å². The molecule has 2 nitrogen and oxygen atoms in total. The summed E-state index contributed by atoms with van der Waals surface area (Å²) < 4.78 is 2.03. The Morgan fingerprint density at radius 3 is 2.69 bits per heavy atom. The minimum absolute atomic E-state index is 0.484. The molecule has 0 aliphatic heterocycles. The average molecular weight is 308 g/mol. The first kappa shape index (κ1) is 11.1. The van der Waals surface area contributed by atoms with E-state index < -0.39 is 0 Å². The molecule has 0 bridgehead atoms. The van der Waals surface area contributed by atoms with Crippen LogP contribution in [0.15, 0.2) is 21.2 Å². The Morgan fingerprint density at radius 2 is 2.15 bits per heavy atom. The van der Waals surface area contributed by atoms with Gasteiger partial charge in [0.15, 0.2) is 0 Å². The lowest BCUT2D eigenvalue weighted by Gasteiger charge is -2.08. The molecule has 0 radical (unpaired) electrons. The first-order chi connectivity index (χ1) is 6.09. The number of nitrogens with one attached hydrogen (secondary N) is 1. The molecular formula is C9H12Br2N2. The van der Waals surface area contributed by atoms with Crippen molar-refractivity contribution in [3.8, 4) is 0 Å². The molecule has 13 heavy (non-hydrogen) atoms. The maximum Gasteiger partial charge on any atom is 0.0684 e. The summed E-state index contributed by atoms with van der Waals surface area (Å²) in [5, 5.41) is 3.31. The van der Waals surface area contributed by atoms with Crippen LogP contribution in [0, 0.1) is 0 Å². The molecule has 0 aromatic carbocycles. The second-order valence-electron chi connectivity index (χ2n) is 3.12. The second kappa shape index (κ2) is 5.08. The Bertz CT molecular complexity index is 287. The second-order valence-corrected chi connectivity index (χ2v) is 4.89. The van der Waals surface area contributed by atoms with Gasteiger partial charge in [0.25, 0.3) is 0 Å². The van der Waals surface area contributed by atoms with Gasteiger partial charge in [-0.3, -0.25) is 4.98 Å². The highest BCUT2D eigenvalue weighted by atomic mass is 79.9. The third-order valence-corrected chi connectivity index (χ3v) is 2.68. The zero-order valence-electron chi connectivity index (χ0n) is 7.64. The van der Waals surface area contributed by atoms with Crippen molar-refractivity contribution in [1.29, 1.82) is 0 Å². The summed E-state index contributed by atoms with van der Waals surface area (Å²) in [6.45, 7) is 5.03. The van der Waals surface area contributed by atoms with Crippen molar-refractivity contribution in [1.82, 2.24) is 10.3 Å². The minimum atomic E-state index is 0.484. The Kier molecular flexibility index (Phi) is 4.35. The van der Waals surface area contributed by atoms with Crippen LogP contribution >= 0.6 is 31.9 Å². The standard InChI is InChI=1S/C9H12Br2N2/c1-6(2)12-5-9-8(11)3-7(10)4-13-9/h3-4,6,12H,5H2,1-2H3. The van der Waals surface area contributed by atoms with Crippen molar-refractivity contribution in [2.75, 3.05) is 0 Å². The number of pyridine rings is 1. The van der Waals surface area contributed by atoms with Gasteiger partial charge in [-0.25, -0.2) is 0 Å². The average Bonchev–Trinajstić information content (AvgIpc) is 2.02. The van der Waals surface area contributed by atoms with Crippen molar-refractivity contribution in [2.24, 2.45) is 0 Å². The summed E-state index contributed by atoms with van der Waals surface area (Å²) in [6.07, 6.45) is 1.81. The molecule has 1 heterocycles. The van der Waals surface area contributed by atoms with Crippen LogP contribution in [0.25, 0.3) is 0 Å². The van der Waals surface area contributed by atoms with Crippen molar-refractivity contribution in [3.05, 3.63) is 26.9 Å². The quantitative estimate of drug-likeness (QED) is 0.928. The van der Waals surface area contributed by atoms with Crippen molar-refractivity contribution >= 4 is 31.9 Å². The van der Waals surface area contributed by atoms with Gasteiger partial charge in [0.05, 0.1) is 5.69 Å². The normalized spacial score (nSPS) is 10.8. The van der Waals surface area contributed by atoms with Crippen molar-refractivity contribution in [2.45, 2.75) is 26.4 Å². The van der Waals surface area contributed by atoms with Crippen LogP contribution in [0.1, 0.15) is 19.5 Å². The Labute approximate surface area is 95.4 Å². The summed E-state index contributed by atoms with van der Waals surface area (Å²) in [5.41, 5.74) is 1.04. The Hall–Kier alpha value is 0.0700. The fraction of sp³-hybridized carbons (Fsp3) is 0.444. The van der Waals surface area contributed by atoms with E-state index in [0.717, 1.165) is 21.2 Å². The maximum absolute atomic E-state index is 4.29. The predicted molar refractivity (Wildman–Crippen MR) is 61.6 cm³/mol. The van der Waals surface area contributed by atoms with Crippen LogP contribution in [0.4, 0.5) is 0 Å². The molecule has 1 N–H and O–H groups in total. The zero-order valence-corrected chi connectivity index (χ0v) is 10.8. The third kappa shape index (κ3) is 3.75. The molecule has 1 aromatic rings. The molecule has 0 saturated heterocycles. The van der Waals surface area contributed by atoms with E-state index in [0.29, 0.717) is 6.04 Å². The molecule has 0 spiro atoms. The molecule has 0 fully saturated rings. The molecule has 0 unspecified atom stereocenters. The maximum atomic E-state index is 4.29. The highest BCUT2D eigenvalue weighted by Gasteiger charge is 2.02. The van der Waals surface area contributed by atoms with E-state index in [-0.39, 0.29) is 0 Å². The fourth-order valence-corrected chi connectivity index (χ4v) is 2.00. The van der Waals surface area contributed by atoms with Gasteiger partial charge in [-0.05, 0) is 37.9 Å². The largest absolute Gasteiger partial charge is 0.309 e. The van der Waals surface area contributed by atoms with Crippen LogP contribution < -0.4 is 5.32 Å². The van der Waals surface area contributed by atoms with Crippen LogP contribution in [0.3, 0.4) is 0 Å². The molecule has 0 amide bonds. The molecule has 0 aliphatic rings. The van der Waals surface area contributed by atoms with E-state index in [1.54, 1.807) is 0 Å². The lowest BCUT2D eigenvalue weighted by molar-refractivity contribution is 0.580. The summed E-state index contributed by atoms with van der Waals surface area (Å²) in [4.78, 5) is 4.29. The van der Waals surface area contributed by atoms with Crippen LogP contribution in [0.5, 0.6) is 0 Å². The van der Waals surface area contributed by atoms with Crippen molar-refractivity contribution in [3.63, 3.8) is 0 Å². The van der Waals surface area contributed by atoms with Gasteiger partial charge in [0.1, 0.15) is 0 Å². The molecule has 72 valence electrons. The van der Waals surface area contributed by atoms with Crippen molar-refractivity contribution < 1.29 is 0 Å². The first-order valence-electron chi connectivity index (χ1n) is 4.13. The zero-order chi connectivity index (χ0) is 9.84. The number of hydrogen-bond donors (Lipinski definition) is 1. The van der Waals surface area contributed by atoms with Gasteiger partial charge in [-0.1, -0.05) is 13.8 Å². The highest BCUT2D eigenvalue weighted by molar-refractivity contribution is 9.11. The molecule has 1 rings (SSSR count). The number of halogens is 2. The number of hydrogen-bond acceptors (Lipinski definition) is 2. The molecule has 1 aromatic heterocycles. The van der Waals surface area contributed by atoms with E-state index in [1.807, 2.05) is 12.3 Å². The van der Waals surface area contributed by atoms with Gasteiger partial charge < -0.3 is 5.32 Å². The third-order valence-electron chi connectivity index (χ3n) is 1.56. The predicted octanol–water partition coefficient (Wildman–Crippen LogP) is 3.10. The van der Waals surface area contributed by atoms with Gasteiger partial charge in [-0.15, -0.1) is 0 Å². The van der Waals surface area contributed by atoms with Gasteiger partial charge >= 0.3 is 0 Å². The topological polar surface area (TPSA) is 24.9 Å². The minimum Gasteiger partial charge on any atom is -0.309 e. The van der Waals surface area contributed by atoms with E-state index in [9.17, 15) is 0 Å². The lowest BCUT2D eigenvalue weighted by Crippen LogP contribution is -2.22. The molecule has 0 saturated carbocycles. The van der Waals surface area contributed by atoms with Crippen LogP contribution in [-0.2, 0) is 6.54 Å². The molecule has 0 atom stereocenters. The molecule has 4 heteroatoms. The van der Waals surface area contributed by atoms with E-state index in [2.05, 4.69) is 56.0 Å². The van der Waals surface area contributed by atoms with Gasteiger partial charge in [0.2, 0.25) is 0 Å². The van der Waals surface area contributed by atoms with E-state index in [1.165, 1.54) is 0 Å². The summed E-state index contributed by atoms with van der Waals surface area (Å²) in [5.74, 6) is 0. The van der Waals surface area contributed by atoms with Gasteiger partial charge in [0, 0.05) is 27.7 Å². The lowest BCUT2D eigenvalue weighted by atomic mass is 10.3. The fourth-order valence-electron chi connectivity index (χ4n) is 0.874. The molecular weight excluding hydrogens is 296 g/mol. The monoisotopic (exact) mass is 306 g/mol. The summed E-state index contributed by atoms with van der Waals surface area (Å²) >= 11 is 6.83.